The Morgan fingerprint density at radius 3 is 2.18 bits per heavy atom. The number of aliphatic hydroxyl groups is 1. The van der Waals surface area contributed by atoms with Gasteiger partial charge in [-0.05, 0) is 112 Å². The van der Waals surface area contributed by atoms with Crippen LogP contribution in [-0.4, -0.2) is 84.4 Å². The molecule has 3 aliphatic rings. The lowest BCUT2D eigenvalue weighted by atomic mass is 9.89. The Balaban J connectivity index is 1.26. The van der Waals surface area contributed by atoms with Crippen molar-refractivity contribution in [3.05, 3.63) is 74.4 Å². The number of nitrogens with zero attached hydrogens (tertiary/aromatic N) is 3. The number of aryl methyl sites for hydroxylation is 4. The first-order chi connectivity index (χ1) is 20.7. The molecule has 2 fully saturated rings. The van der Waals surface area contributed by atoms with Crippen molar-refractivity contribution in [2.24, 2.45) is 4.99 Å². The SMILES string of the molecule is Cc1cc(C2=NC3(CCN(S(=O)(=O)C=Cc4c(C)cc(C(=O)N5CCC(O)(CF)CC5)cc4C)CC3)C(=O)N2)c(C)cc1F. The van der Waals surface area contributed by atoms with Crippen molar-refractivity contribution >= 4 is 33.7 Å². The lowest BCUT2D eigenvalue weighted by Gasteiger charge is -2.36. The zero-order chi connectivity index (χ0) is 32.0. The van der Waals surface area contributed by atoms with Gasteiger partial charge in [0.15, 0.2) is 0 Å². The van der Waals surface area contributed by atoms with Crippen molar-refractivity contribution in [1.82, 2.24) is 14.5 Å². The van der Waals surface area contributed by atoms with Crippen molar-refractivity contribution in [2.75, 3.05) is 32.9 Å². The van der Waals surface area contributed by atoms with Crippen molar-refractivity contribution in [3.8, 4) is 0 Å². The lowest BCUT2D eigenvalue weighted by Crippen LogP contribution is -2.50. The number of carbonyl (C=O) groups is 2. The van der Waals surface area contributed by atoms with E-state index in [0.29, 0.717) is 33.7 Å². The van der Waals surface area contributed by atoms with Crippen LogP contribution in [0.25, 0.3) is 6.08 Å². The van der Waals surface area contributed by atoms with E-state index in [1.165, 1.54) is 16.4 Å². The van der Waals surface area contributed by atoms with E-state index in [1.54, 1.807) is 50.8 Å². The molecule has 0 radical (unpaired) electrons. The molecule has 0 saturated carbocycles. The maximum Gasteiger partial charge on any atom is 0.253 e. The summed E-state index contributed by atoms with van der Waals surface area (Å²) in [4.78, 5) is 32.4. The number of aliphatic imine (C=N–C) groups is 1. The van der Waals surface area contributed by atoms with Crippen LogP contribution >= 0.6 is 0 Å². The molecular formula is C32H38F2N4O5S. The number of hydrogen-bond donors (Lipinski definition) is 2. The molecule has 3 aliphatic heterocycles. The maximum atomic E-state index is 14.0. The van der Waals surface area contributed by atoms with Gasteiger partial charge < -0.3 is 15.3 Å². The summed E-state index contributed by atoms with van der Waals surface area (Å²) in [5, 5.41) is 14.1. The van der Waals surface area contributed by atoms with E-state index < -0.39 is 27.8 Å². The number of amidine groups is 1. The third-order valence-electron chi connectivity index (χ3n) is 9.13. The minimum Gasteiger partial charge on any atom is -0.387 e. The van der Waals surface area contributed by atoms with Crippen LogP contribution in [0.5, 0.6) is 0 Å². The van der Waals surface area contributed by atoms with Gasteiger partial charge in [-0.25, -0.2) is 17.2 Å². The molecule has 236 valence electrons. The highest BCUT2D eigenvalue weighted by atomic mass is 32.2. The summed E-state index contributed by atoms with van der Waals surface area (Å²) in [5.41, 5.74) is 1.87. The van der Waals surface area contributed by atoms with Crippen LogP contribution in [0.2, 0.25) is 0 Å². The number of alkyl halides is 1. The molecule has 3 heterocycles. The van der Waals surface area contributed by atoms with Gasteiger partial charge in [-0.3, -0.25) is 14.6 Å². The fourth-order valence-electron chi connectivity index (χ4n) is 6.17. The van der Waals surface area contributed by atoms with E-state index >= 15 is 0 Å². The Morgan fingerprint density at radius 1 is 0.977 bits per heavy atom. The molecule has 2 aromatic carbocycles. The number of hydrogen-bond acceptors (Lipinski definition) is 6. The number of sulfonamides is 1. The van der Waals surface area contributed by atoms with Gasteiger partial charge in [0.1, 0.15) is 23.9 Å². The molecule has 2 saturated heterocycles. The molecule has 5 rings (SSSR count). The van der Waals surface area contributed by atoms with Gasteiger partial charge in [-0.15, -0.1) is 0 Å². The quantitative estimate of drug-likeness (QED) is 0.506. The van der Waals surface area contributed by atoms with Crippen molar-refractivity contribution in [3.63, 3.8) is 0 Å². The molecule has 0 atom stereocenters. The highest BCUT2D eigenvalue weighted by Crippen LogP contribution is 2.33. The summed E-state index contributed by atoms with van der Waals surface area (Å²) in [5.74, 6) is -0.458. The van der Waals surface area contributed by atoms with Crippen LogP contribution in [0.1, 0.15) is 69.4 Å². The molecule has 1 spiro atoms. The van der Waals surface area contributed by atoms with E-state index in [0.717, 1.165) is 16.5 Å². The summed E-state index contributed by atoms with van der Waals surface area (Å²) in [6, 6.07) is 6.48. The second-order valence-corrected chi connectivity index (χ2v) is 14.1. The molecule has 9 nitrogen and oxygen atoms in total. The first kappa shape index (κ1) is 31.9. The lowest BCUT2D eigenvalue weighted by molar-refractivity contribution is -0.124. The second kappa shape index (κ2) is 11.8. The van der Waals surface area contributed by atoms with E-state index in [1.807, 2.05) is 0 Å². The summed E-state index contributed by atoms with van der Waals surface area (Å²) in [6.45, 7) is 6.90. The number of benzene rings is 2. The zero-order valence-electron chi connectivity index (χ0n) is 25.4. The monoisotopic (exact) mass is 628 g/mol. The molecule has 2 aromatic rings. The molecule has 2 amide bonds. The van der Waals surface area contributed by atoms with Gasteiger partial charge in [0.05, 0.1) is 5.60 Å². The van der Waals surface area contributed by atoms with Crippen molar-refractivity contribution in [2.45, 2.75) is 64.5 Å². The third-order valence-corrected chi connectivity index (χ3v) is 10.7. The van der Waals surface area contributed by atoms with Crippen molar-refractivity contribution < 1.29 is 31.9 Å². The van der Waals surface area contributed by atoms with E-state index in [9.17, 15) is 31.9 Å². The number of carbonyl (C=O) groups excluding carboxylic acids is 2. The largest absolute Gasteiger partial charge is 0.387 e. The van der Waals surface area contributed by atoms with Crippen molar-refractivity contribution in [1.29, 1.82) is 0 Å². The summed E-state index contributed by atoms with van der Waals surface area (Å²) in [7, 11) is -3.82. The summed E-state index contributed by atoms with van der Waals surface area (Å²) in [6.07, 6.45) is 2.30. The number of amides is 2. The van der Waals surface area contributed by atoms with E-state index in [4.69, 9.17) is 4.99 Å². The maximum absolute atomic E-state index is 14.0. The Morgan fingerprint density at radius 2 is 1.59 bits per heavy atom. The number of piperidine rings is 2. The standard InChI is InChI=1S/C32H38F2N4O5S/c1-20-15-24(29(39)37-10-6-31(41,19-33)7-11-37)16-21(2)25(20)5-14-44(42,43)38-12-8-32(9-13-38)30(40)35-28(36-32)26-17-23(4)27(34)18-22(26)3/h5,14-18,41H,6-13,19H2,1-4H3,(H,35,36,40). The smallest absolute Gasteiger partial charge is 0.253 e. The first-order valence-electron chi connectivity index (χ1n) is 14.7. The van der Waals surface area contributed by atoms with Gasteiger partial charge in [-0.1, -0.05) is 0 Å². The van der Waals surface area contributed by atoms with Crippen LogP contribution in [0, 0.1) is 33.5 Å². The second-order valence-electron chi connectivity index (χ2n) is 12.3. The molecule has 0 aliphatic carbocycles. The van der Waals surface area contributed by atoms with E-state index in [-0.39, 0.29) is 69.5 Å². The fraction of sp³-hybridized carbons (Fsp3) is 0.469. The van der Waals surface area contributed by atoms with Crippen LogP contribution < -0.4 is 5.32 Å². The zero-order valence-corrected chi connectivity index (χ0v) is 26.2. The average Bonchev–Trinajstić information content (AvgIpc) is 3.29. The molecule has 2 N–H and O–H groups in total. The average molecular weight is 629 g/mol. The summed E-state index contributed by atoms with van der Waals surface area (Å²) >= 11 is 0. The fourth-order valence-corrected chi connectivity index (χ4v) is 7.34. The van der Waals surface area contributed by atoms with Gasteiger partial charge >= 0.3 is 0 Å². The number of rotatable bonds is 6. The van der Waals surface area contributed by atoms with Gasteiger partial charge in [0, 0.05) is 42.7 Å². The molecule has 0 bridgehead atoms. The predicted octanol–water partition coefficient (Wildman–Crippen LogP) is 3.71. The molecule has 0 aromatic heterocycles. The topological polar surface area (TPSA) is 119 Å². The van der Waals surface area contributed by atoms with Gasteiger partial charge in [0.25, 0.3) is 11.8 Å². The van der Waals surface area contributed by atoms with Crippen LogP contribution in [0.15, 0.2) is 34.7 Å². The highest BCUT2D eigenvalue weighted by molar-refractivity contribution is 7.92. The number of nitrogens with one attached hydrogen (secondary N) is 1. The normalized spacial score (nSPS) is 20.3. The highest BCUT2D eigenvalue weighted by Gasteiger charge is 2.47. The molecular weight excluding hydrogens is 590 g/mol. The Kier molecular flexibility index (Phi) is 8.56. The van der Waals surface area contributed by atoms with Crippen LogP contribution in [0.3, 0.4) is 0 Å². The predicted molar refractivity (Wildman–Crippen MR) is 164 cm³/mol. The van der Waals surface area contributed by atoms with E-state index in [2.05, 4.69) is 5.32 Å². The first-order valence-corrected chi connectivity index (χ1v) is 16.2. The summed E-state index contributed by atoms with van der Waals surface area (Å²) < 4.78 is 55.0. The molecule has 12 heteroatoms. The van der Waals surface area contributed by atoms with Crippen LogP contribution in [-0.2, 0) is 14.8 Å². The number of halogens is 2. The molecule has 44 heavy (non-hydrogen) atoms. The Hall–Kier alpha value is -3.48. The van der Waals surface area contributed by atoms with Gasteiger partial charge in [0.2, 0.25) is 10.0 Å². The third kappa shape index (κ3) is 6.07. The molecule has 0 unspecified atom stereocenters. The Bertz CT molecular complexity index is 1650. The minimum absolute atomic E-state index is 0.108. The number of likely N-dealkylation sites (tertiary alicyclic amines) is 1. The Labute approximate surface area is 256 Å². The minimum atomic E-state index is -3.82. The van der Waals surface area contributed by atoms with Crippen LogP contribution in [0.4, 0.5) is 8.78 Å². The van der Waals surface area contributed by atoms with Gasteiger partial charge in [-0.2, -0.15) is 4.31 Å².